The SMILES string of the molecule is O=C(CCc1ccccc1)OCCS(=O)(=O)c1ccc(Cl)c(Cl)c1. The zero-order valence-corrected chi connectivity index (χ0v) is 15.1. The van der Waals surface area contributed by atoms with Gasteiger partial charge in [-0.3, -0.25) is 4.79 Å². The topological polar surface area (TPSA) is 60.4 Å². The van der Waals surface area contributed by atoms with E-state index in [0.717, 1.165) is 5.56 Å². The molecular formula is C17H16Cl2O4S. The highest BCUT2D eigenvalue weighted by Crippen LogP contribution is 2.25. The molecule has 0 unspecified atom stereocenters. The summed E-state index contributed by atoms with van der Waals surface area (Å²) in [7, 11) is -3.58. The fourth-order valence-electron chi connectivity index (χ4n) is 2.02. The van der Waals surface area contributed by atoms with Crippen LogP contribution in [-0.4, -0.2) is 26.7 Å². The standard InChI is InChI=1S/C17H16Cl2O4S/c18-15-8-7-14(12-16(15)19)24(21,22)11-10-23-17(20)9-6-13-4-2-1-3-5-13/h1-5,7-8,12H,6,9-11H2. The number of sulfone groups is 1. The highest BCUT2D eigenvalue weighted by atomic mass is 35.5. The molecule has 128 valence electrons. The Labute approximate surface area is 151 Å². The fourth-order valence-corrected chi connectivity index (χ4v) is 3.49. The molecule has 0 saturated carbocycles. The van der Waals surface area contributed by atoms with Gasteiger partial charge in [0.05, 0.1) is 20.7 Å². The highest BCUT2D eigenvalue weighted by molar-refractivity contribution is 7.91. The number of aryl methyl sites for hydroxylation is 1. The number of rotatable bonds is 7. The average Bonchev–Trinajstić information content (AvgIpc) is 2.56. The number of ether oxygens (including phenoxy) is 1. The number of hydrogen-bond acceptors (Lipinski definition) is 4. The Bertz CT molecular complexity index is 805. The third kappa shape index (κ3) is 5.51. The lowest BCUT2D eigenvalue weighted by Gasteiger charge is -2.07. The van der Waals surface area contributed by atoms with Gasteiger partial charge in [-0.2, -0.15) is 0 Å². The zero-order valence-electron chi connectivity index (χ0n) is 12.7. The predicted molar refractivity (Wildman–Crippen MR) is 94.2 cm³/mol. The summed E-state index contributed by atoms with van der Waals surface area (Å²) in [6.07, 6.45) is 0.760. The first-order valence-corrected chi connectivity index (χ1v) is 9.67. The van der Waals surface area contributed by atoms with Crippen molar-refractivity contribution in [3.8, 4) is 0 Å². The van der Waals surface area contributed by atoms with Crippen LogP contribution in [0.4, 0.5) is 0 Å². The molecule has 7 heteroatoms. The molecule has 2 rings (SSSR count). The maximum atomic E-state index is 12.2. The molecule has 0 radical (unpaired) electrons. The lowest BCUT2D eigenvalue weighted by atomic mass is 10.1. The van der Waals surface area contributed by atoms with Crippen LogP contribution in [-0.2, 0) is 25.8 Å². The summed E-state index contributed by atoms with van der Waals surface area (Å²) in [5, 5.41) is 0.445. The maximum absolute atomic E-state index is 12.2. The molecule has 2 aromatic carbocycles. The largest absolute Gasteiger partial charge is 0.465 e. The smallest absolute Gasteiger partial charge is 0.306 e. The molecule has 0 spiro atoms. The van der Waals surface area contributed by atoms with Crippen LogP contribution < -0.4 is 0 Å². The molecule has 2 aromatic rings. The average molecular weight is 387 g/mol. The summed E-state index contributed by atoms with van der Waals surface area (Å²) in [5.74, 6) is -0.731. The summed E-state index contributed by atoms with van der Waals surface area (Å²) < 4.78 is 29.3. The maximum Gasteiger partial charge on any atom is 0.306 e. The van der Waals surface area contributed by atoms with Crippen molar-refractivity contribution in [2.75, 3.05) is 12.4 Å². The molecule has 0 N–H and O–H groups in total. The molecule has 0 atom stereocenters. The van der Waals surface area contributed by atoms with Crippen molar-refractivity contribution < 1.29 is 17.9 Å². The Morgan fingerprint density at radius 2 is 1.71 bits per heavy atom. The Balaban J connectivity index is 1.82. The second-order valence-electron chi connectivity index (χ2n) is 5.10. The van der Waals surface area contributed by atoms with E-state index in [1.165, 1.54) is 18.2 Å². The Morgan fingerprint density at radius 1 is 1.00 bits per heavy atom. The van der Waals surface area contributed by atoms with Crippen molar-refractivity contribution >= 4 is 39.0 Å². The third-order valence-corrected chi connectivity index (χ3v) is 5.74. The third-order valence-electron chi connectivity index (χ3n) is 3.33. The van der Waals surface area contributed by atoms with Gasteiger partial charge in [0, 0.05) is 6.42 Å². The van der Waals surface area contributed by atoms with Crippen molar-refractivity contribution in [2.24, 2.45) is 0 Å². The van der Waals surface area contributed by atoms with Gasteiger partial charge in [0.15, 0.2) is 9.84 Å². The molecule has 0 aromatic heterocycles. The van der Waals surface area contributed by atoms with Crippen LogP contribution in [0.2, 0.25) is 10.0 Å². The first-order chi connectivity index (χ1) is 11.4. The van der Waals surface area contributed by atoms with E-state index in [1.807, 2.05) is 30.3 Å². The molecule has 0 aliphatic heterocycles. The molecule has 0 bridgehead atoms. The van der Waals surface area contributed by atoms with Gasteiger partial charge in [-0.25, -0.2) is 8.42 Å². The van der Waals surface area contributed by atoms with E-state index < -0.39 is 15.8 Å². The minimum atomic E-state index is -3.58. The summed E-state index contributed by atoms with van der Waals surface area (Å²) in [4.78, 5) is 11.7. The quantitative estimate of drug-likeness (QED) is 0.676. The van der Waals surface area contributed by atoms with Crippen LogP contribution in [0.1, 0.15) is 12.0 Å². The second-order valence-corrected chi connectivity index (χ2v) is 8.02. The van der Waals surface area contributed by atoms with Gasteiger partial charge >= 0.3 is 5.97 Å². The molecule has 0 amide bonds. The normalized spacial score (nSPS) is 11.2. The van der Waals surface area contributed by atoms with Crippen molar-refractivity contribution in [3.63, 3.8) is 0 Å². The van der Waals surface area contributed by atoms with E-state index in [9.17, 15) is 13.2 Å². The van der Waals surface area contributed by atoms with Gasteiger partial charge in [0.1, 0.15) is 6.61 Å². The zero-order chi connectivity index (χ0) is 17.6. The molecule has 4 nitrogen and oxygen atoms in total. The molecule has 0 heterocycles. The molecule has 0 aliphatic rings. The number of benzene rings is 2. The fraction of sp³-hybridized carbons (Fsp3) is 0.235. The van der Waals surface area contributed by atoms with Crippen LogP contribution in [0, 0.1) is 0 Å². The molecule has 0 aliphatic carbocycles. The first kappa shape index (κ1) is 18.8. The summed E-state index contributed by atoms with van der Waals surface area (Å²) in [6, 6.07) is 13.6. The van der Waals surface area contributed by atoms with E-state index in [0.29, 0.717) is 6.42 Å². The number of esters is 1. The summed E-state index contributed by atoms with van der Waals surface area (Å²) >= 11 is 11.6. The van der Waals surface area contributed by atoms with E-state index in [-0.39, 0.29) is 33.7 Å². The highest BCUT2D eigenvalue weighted by Gasteiger charge is 2.17. The Hall–Kier alpha value is -1.56. The number of carbonyl (C=O) groups is 1. The van der Waals surface area contributed by atoms with Crippen LogP contribution in [0.15, 0.2) is 53.4 Å². The van der Waals surface area contributed by atoms with Gasteiger partial charge in [-0.05, 0) is 30.2 Å². The Morgan fingerprint density at radius 3 is 2.38 bits per heavy atom. The van der Waals surface area contributed by atoms with Crippen LogP contribution in [0.25, 0.3) is 0 Å². The summed E-state index contributed by atoms with van der Waals surface area (Å²) in [5.41, 5.74) is 1.03. The number of carbonyl (C=O) groups excluding carboxylic acids is 1. The van der Waals surface area contributed by atoms with Crippen molar-refractivity contribution in [2.45, 2.75) is 17.7 Å². The number of halogens is 2. The molecular weight excluding hydrogens is 371 g/mol. The monoisotopic (exact) mass is 386 g/mol. The van der Waals surface area contributed by atoms with Gasteiger partial charge in [-0.15, -0.1) is 0 Å². The van der Waals surface area contributed by atoms with Crippen molar-refractivity contribution in [1.82, 2.24) is 0 Å². The van der Waals surface area contributed by atoms with Gasteiger partial charge in [-0.1, -0.05) is 53.5 Å². The van der Waals surface area contributed by atoms with Crippen LogP contribution in [0.5, 0.6) is 0 Å². The van der Waals surface area contributed by atoms with E-state index in [4.69, 9.17) is 27.9 Å². The van der Waals surface area contributed by atoms with Crippen molar-refractivity contribution in [3.05, 3.63) is 64.1 Å². The van der Waals surface area contributed by atoms with Gasteiger partial charge in [0.2, 0.25) is 0 Å². The van der Waals surface area contributed by atoms with E-state index >= 15 is 0 Å². The second kappa shape index (κ2) is 8.51. The Kier molecular flexibility index (Phi) is 6.66. The number of hydrogen-bond donors (Lipinski definition) is 0. The van der Waals surface area contributed by atoms with Gasteiger partial charge in [0.25, 0.3) is 0 Å². The van der Waals surface area contributed by atoms with Crippen LogP contribution >= 0.6 is 23.2 Å². The van der Waals surface area contributed by atoms with E-state index in [2.05, 4.69) is 0 Å². The molecule has 24 heavy (non-hydrogen) atoms. The van der Waals surface area contributed by atoms with Gasteiger partial charge < -0.3 is 4.74 Å². The predicted octanol–water partition coefficient (Wildman–Crippen LogP) is 3.94. The molecule has 0 saturated heterocycles. The first-order valence-electron chi connectivity index (χ1n) is 7.26. The lowest BCUT2D eigenvalue weighted by molar-refractivity contribution is -0.142. The summed E-state index contributed by atoms with van der Waals surface area (Å²) in [6.45, 7) is -0.198. The lowest BCUT2D eigenvalue weighted by Crippen LogP contribution is -2.16. The van der Waals surface area contributed by atoms with E-state index in [1.54, 1.807) is 0 Å². The minimum Gasteiger partial charge on any atom is -0.465 e. The minimum absolute atomic E-state index is 0.0530. The van der Waals surface area contributed by atoms with Crippen LogP contribution in [0.3, 0.4) is 0 Å². The molecule has 0 fully saturated rings. The van der Waals surface area contributed by atoms with Crippen molar-refractivity contribution in [1.29, 1.82) is 0 Å².